The fourth-order valence-corrected chi connectivity index (χ4v) is 4.03. The lowest BCUT2D eigenvalue weighted by molar-refractivity contribution is 0.119. The van der Waals surface area contributed by atoms with Gasteiger partial charge in [-0.3, -0.25) is 5.41 Å². The Kier molecular flexibility index (Phi) is 4.01. The highest BCUT2D eigenvalue weighted by atomic mass is 16.5. The van der Waals surface area contributed by atoms with Gasteiger partial charge in [-0.2, -0.15) is 0 Å². The third-order valence-corrected chi connectivity index (χ3v) is 5.91. The zero-order chi connectivity index (χ0) is 19.3. The summed E-state index contributed by atoms with van der Waals surface area (Å²) in [7, 11) is 0. The van der Waals surface area contributed by atoms with E-state index in [1.807, 2.05) is 18.2 Å². The summed E-state index contributed by atoms with van der Waals surface area (Å²) in [5.74, 6) is 2.14. The molecule has 1 saturated carbocycles. The van der Waals surface area contributed by atoms with E-state index in [0.717, 1.165) is 50.5 Å². The lowest BCUT2D eigenvalue weighted by Crippen LogP contribution is -2.39. The molecule has 2 aliphatic heterocycles. The van der Waals surface area contributed by atoms with Crippen LogP contribution in [0.3, 0.4) is 0 Å². The van der Waals surface area contributed by atoms with Crippen molar-refractivity contribution in [3.8, 4) is 5.75 Å². The van der Waals surface area contributed by atoms with Crippen molar-refractivity contribution in [3.63, 3.8) is 0 Å². The lowest BCUT2D eigenvalue weighted by Gasteiger charge is -2.31. The molecule has 146 valence electrons. The van der Waals surface area contributed by atoms with Crippen LogP contribution in [0.15, 0.2) is 30.6 Å². The van der Waals surface area contributed by atoms with E-state index in [1.165, 1.54) is 6.33 Å². The maximum atomic E-state index is 8.69. The molecular formula is C21H25N5O2. The van der Waals surface area contributed by atoms with Crippen LogP contribution in [-0.4, -0.2) is 47.1 Å². The molecule has 3 heterocycles. The summed E-state index contributed by atoms with van der Waals surface area (Å²) >= 11 is 0. The van der Waals surface area contributed by atoms with Crippen LogP contribution in [0.25, 0.3) is 0 Å². The quantitative estimate of drug-likeness (QED) is 0.612. The number of anilines is 2. The Labute approximate surface area is 164 Å². The summed E-state index contributed by atoms with van der Waals surface area (Å²) in [5.41, 5.74) is 8.11. The van der Waals surface area contributed by atoms with Crippen LogP contribution in [0.1, 0.15) is 37.4 Å². The number of hydrogen-bond donors (Lipinski definition) is 2. The number of piperidine rings is 1. The molecule has 1 aromatic carbocycles. The zero-order valence-electron chi connectivity index (χ0n) is 16.0. The predicted molar refractivity (Wildman–Crippen MR) is 107 cm³/mol. The van der Waals surface area contributed by atoms with E-state index in [-0.39, 0.29) is 17.4 Å². The summed E-state index contributed by atoms with van der Waals surface area (Å²) < 4.78 is 11.8. The summed E-state index contributed by atoms with van der Waals surface area (Å²) in [6.07, 6.45) is 5.05. The van der Waals surface area contributed by atoms with Gasteiger partial charge in [0.25, 0.3) is 0 Å². The summed E-state index contributed by atoms with van der Waals surface area (Å²) in [6, 6.07) is 7.39. The Morgan fingerprint density at radius 2 is 2.14 bits per heavy atom. The average Bonchev–Trinajstić information content (AvgIpc) is 3.34. The minimum Gasteiger partial charge on any atom is -0.488 e. The van der Waals surface area contributed by atoms with Gasteiger partial charge >= 0.3 is 0 Å². The number of hydrogen-bond acceptors (Lipinski definition) is 7. The van der Waals surface area contributed by atoms with Gasteiger partial charge < -0.3 is 20.1 Å². The molecule has 1 aliphatic carbocycles. The van der Waals surface area contributed by atoms with Gasteiger partial charge in [-0.15, -0.1) is 0 Å². The number of ether oxygens (including phenoxy) is 2. The number of rotatable bonds is 5. The SMILES string of the molecule is CC1(Oc2ccc(N)c(C(=N)c3cc(N4CC5COC(C5)C4)ncn3)c2)CC1. The van der Waals surface area contributed by atoms with E-state index in [0.29, 0.717) is 22.9 Å². The van der Waals surface area contributed by atoms with Crippen LogP contribution in [0.2, 0.25) is 0 Å². The van der Waals surface area contributed by atoms with Crippen molar-refractivity contribution in [1.29, 1.82) is 5.41 Å². The molecular weight excluding hydrogens is 354 g/mol. The van der Waals surface area contributed by atoms with Crippen molar-refractivity contribution in [2.45, 2.75) is 37.9 Å². The van der Waals surface area contributed by atoms with Gasteiger partial charge in [-0.05, 0) is 44.4 Å². The smallest absolute Gasteiger partial charge is 0.132 e. The topological polar surface area (TPSA) is 97.4 Å². The Morgan fingerprint density at radius 3 is 2.93 bits per heavy atom. The predicted octanol–water partition coefficient (Wildman–Crippen LogP) is 2.63. The molecule has 7 nitrogen and oxygen atoms in total. The van der Waals surface area contributed by atoms with Crippen LogP contribution in [-0.2, 0) is 4.74 Å². The van der Waals surface area contributed by atoms with Crippen molar-refractivity contribution >= 4 is 17.2 Å². The second-order valence-corrected chi connectivity index (χ2v) is 8.40. The molecule has 3 N–H and O–H groups in total. The van der Waals surface area contributed by atoms with Crippen LogP contribution in [0, 0.1) is 11.3 Å². The standard InChI is InChI=1S/C21H25N5O2/c1-21(4-5-21)28-14-2-3-17(22)16(7-14)20(23)18-8-19(25-12-24-18)26-9-13-6-15(10-26)27-11-13/h2-3,7-8,12-13,15,23H,4-6,9-11,22H2,1H3. The minimum absolute atomic E-state index is 0.0760. The number of nitrogens with one attached hydrogen (secondary N) is 1. The highest BCUT2D eigenvalue weighted by molar-refractivity contribution is 6.13. The molecule has 5 rings (SSSR count). The van der Waals surface area contributed by atoms with E-state index in [1.54, 1.807) is 6.07 Å². The number of aromatic nitrogens is 2. The number of nitrogens with zero attached hydrogens (tertiary/aromatic N) is 3. The van der Waals surface area contributed by atoms with Gasteiger partial charge in [0.2, 0.25) is 0 Å². The van der Waals surface area contributed by atoms with E-state index in [9.17, 15) is 0 Å². The van der Waals surface area contributed by atoms with Crippen molar-refractivity contribution in [2.75, 3.05) is 30.3 Å². The minimum atomic E-state index is -0.0760. The van der Waals surface area contributed by atoms with Crippen LogP contribution >= 0.6 is 0 Å². The molecule has 2 unspecified atom stereocenters. The number of nitrogen functional groups attached to an aromatic ring is 1. The summed E-state index contributed by atoms with van der Waals surface area (Å²) in [4.78, 5) is 11.0. The van der Waals surface area contributed by atoms with Crippen molar-refractivity contribution in [2.24, 2.45) is 5.92 Å². The molecule has 2 aromatic rings. The van der Waals surface area contributed by atoms with Gasteiger partial charge in [-0.1, -0.05) is 0 Å². The van der Waals surface area contributed by atoms with Crippen LogP contribution < -0.4 is 15.4 Å². The first-order chi connectivity index (χ1) is 13.5. The zero-order valence-corrected chi connectivity index (χ0v) is 16.0. The molecule has 0 amide bonds. The van der Waals surface area contributed by atoms with Crippen LogP contribution in [0.5, 0.6) is 5.75 Å². The van der Waals surface area contributed by atoms with E-state index < -0.39 is 0 Å². The van der Waals surface area contributed by atoms with Crippen molar-refractivity contribution in [1.82, 2.24) is 9.97 Å². The molecule has 28 heavy (non-hydrogen) atoms. The van der Waals surface area contributed by atoms with Gasteiger partial charge in [-0.25, -0.2) is 9.97 Å². The van der Waals surface area contributed by atoms with Crippen molar-refractivity contribution < 1.29 is 9.47 Å². The molecule has 2 saturated heterocycles. The maximum Gasteiger partial charge on any atom is 0.132 e. The second kappa shape index (κ2) is 6.44. The largest absolute Gasteiger partial charge is 0.488 e. The average molecular weight is 379 g/mol. The van der Waals surface area contributed by atoms with Gasteiger partial charge in [0.05, 0.1) is 24.1 Å². The first-order valence-electron chi connectivity index (χ1n) is 9.85. The Bertz CT molecular complexity index is 915. The monoisotopic (exact) mass is 379 g/mol. The lowest BCUT2D eigenvalue weighted by atomic mass is 10.00. The maximum absolute atomic E-state index is 8.69. The first kappa shape index (κ1) is 17.4. The number of benzene rings is 1. The molecule has 0 spiro atoms. The Balaban J connectivity index is 1.40. The highest BCUT2D eigenvalue weighted by Gasteiger charge is 2.40. The Morgan fingerprint density at radius 1 is 1.29 bits per heavy atom. The van der Waals surface area contributed by atoms with Gasteiger partial charge in [0.1, 0.15) is 23.5 Å². The molecule has 2 bridgehead atoms. The first-order valence-corrected chi connectivity index (χ1v) is 9.85. The van der Waals surface area contributed by atoms with Crippen molar-refractivity contribution in [3.05, 3.63) is 41.9 Å². The van der Waals surface area contributed by atoms with E-state index in [2.05, 4.69) is 21.8 Å². The molecule has 3 fully saturated rings. The second-order valence-electron chi connectivity index (χ2n) is 8.40. The fraction of sp³-hybridized carbons (Fsp3) is 0.476. The molecule has 2 atom stereocenters. The molecule has 1 aromatic heterocycles. The highest BCUT2D eigenvalue weighted by Crippen LogP contribution is 2.40. The molecule has 7 heteroatoms. The molecule has 0 radical (unpaired) electrons. The van der Waals surface area contributed by atoms with E-state index in [4.69, 9.17) is 20.6 Å². The van der Waals surface area contributed by atoms with E-state index >= 15 is 0 Å². The number of fused-ring (bicyclic) bond motifs is 2. The third kappa shape index (κ3) is 3.30. The fourth-order valence-electron chi connectivity index (χ4n) is 4.03. The normalized spacial score (nSPS) is 24.8. The third-order valence-electron chi connectivity index (χ3n) is 5.91. The van der Waals surface area contributed by atoms with Gasteiger partial charge in [0.15, 0.2) is 0 Å². The summed E-state index contributed by atoms with van der Waals surface area (Å²) in [6.45, 7) is 4.70. The summed E-state index contributed by atoms with van der Waals surface area (Å²) in [5, 5.41) is 8.69. The van der Waals surface area contributed by atoms with Gasteiger partial charge in [0, 0.05) is 36.3 Å². The number of nitrogens with two attached hydrogens (primary N) is 1. The Hall–Kier alpha value is -2.67. The van der Waals surface area contributed by atoms with Crippen LogP contribution in [0.4, 0.5) is 11.5 Å². The molecule has 3 aliphatic rings.